The van der Waals surface area contributed by atoms with Crippen LogP contribution >= 0.6 is 15.9 Å². The highest BCUT2D eigenvalue weighted by Gasteiger charge is 2.15. The fourth-order valence-electron chi connectivity index (χ4n) is 2.13. The molecule has 1 heterocycles. The maximum absolute atomic E-state index is 3.50. The molecule has 0 unspecified atom stereocenters. The van der Waals surface area contributed by atoms with Gasteiger partial charge in [-0.2, -0.15) is 0 Å². The summed E-state index contributed by atoms with van der Waals surface area (Å²) in [5.74, 6) is 0. The largest absolute Gasteiger partial charge is 0.300 e. The molecule has 88 valence electrons. The Morgan fingerprint density at radius 1 is 0.938 bits per heavy atom. The van der Waals surface area contributed by atoms with Gasteiger partial charge in [0.15, 0.2) is 0 Å². The molecule has 0 bridgehead atoms. The van der Waals surface area contributed by atoms with Gasteiger partial charge in [-0.1, -0.05) is 46.3 Å². The maximum Gasteiger partial charge on any atom is 0.0234 e. The van der Waals surface area contributed by atoms with E-state index >= 15 is 0 Å². The summed E-state index contributed by atoms with van der Waals surface area (Å²) in [6.07, 6.45) is 0. The van der Waals surface area contributed by atoms with Crippen LogP contribution in [-0.2, 0) is 6.54 Å². The average Bonchev–Trinajstić information content (AvgIpc) is 2.33. The van der Waals surface area contributed by atoms with Crippen LogP contribution in [-0.4, -0.2) is 47.9 Å². The van der Waals surface area contributed by atoms with Crippen LogP contribution in [0.25, 0.3) is 0 Å². The molecule has 1 aliphatic rings. The van der Waals surface area contributed by atoms with Gasteiger partial charge in [-0.05, 0) is 5.56 Å². The number of halogens is 1. The predicted molar refractivity (Wildman–Crippen MR) is 72.0 cm³/mol. The molecule has 0 radical (unpaired) electrons. The van der Waals surface area contributed by atoms with Crippen molar-refractivity contribution < 1.29 is 0 Å². The van der Waals surface area contributed by atoms with Gasteiger partial charge in [0, 0.05) is 44.6 Å². The highest BCUT2D eigenvalue weighted by Crippen LogP contribution is 2.08. The molecule has 0 aliphatic carbocycles. The van der Waals surface area contributed by atoms with Crippen LogP contribution in [0.1, 0.15) is 5.56 Å². The molecule has 1 aromatic carbocycles. The predicted octanol–water partition coefficient (Wildman–Crippen LogP) is 2.20. The number of nitrogens with zero attached hydrogens (tertiary/aromatic N) is 2. The van der Waals surface area contributed by atoms with Gasteiger partial charge in [0.05, 0.1) is 0 Å². The third kappa shape index (κ3) is 3.58. The molecule has 2 nitrogen and oxygen atoms in total. The number of alkyl halides is 1. The Labute approximate surface area is 106 Å². The van der Waals surface area contributed by atoms with E-state index in [0.717, 1.165) is 11.9 Å². The molecule has 0 spiro atoms. The second kappa shape index (κ2) is 6.38. The first kappa shape index (κ1) is 12.1. The zero-order valence-corrected chi connectivity index (χ0v) is 11.2. The van der Waals surface area contributed by atoms with Crippen molar-refractivity contribution in [1.82, 2.24) is 9.80 Å². The molecule has 0 atom stereocenters. The van der Waals surface area contributed by atoms with Gasteiger partial charge in [-0.3, -0.25) is 9.80 Å². The number of benzene rings is 1. The van der Waals surface area contributed by atoms with Crippen molar-refractivity contribution in [3.63, 3.8) is 0 Å². The molecule has 0 aromatic heterocycles. The lowest BCUT2D eigenvalue weighted by Crippen LogP contribution is -2.46. The summed E-state index contributed by atoms with van der Waals surface area (Å²) in [5, 5.41) is 1.09. The minimum absolute atomic E-state index is 1.09. The molecular weight excluding hydrogens is 264 g/mol. The summed E-state index contributed by atoms with van der Waals surface area (Å²) >= 11 is 3.50. The maximum atomic E-state index is 3.50. The van der Waals surface area contributed by atoms with Gasteiger partial charge in [0.1, 0.15) is 0 Å². The third-order valence-electron chi connectivity index (χ3n) is 3.11. The number of rotatable bonds is 4. The summed E-state index contributed by atoms with van der Waals surface area (Å²) in [6, 6.07) is 10.7. The van der Waals surface area contributed by atoms with Crippen molar-refractivity contribution in [2.75, 3.05) is 38.1 Å². The van der Waals surface area contributed by atoms with Crippen molar-refractivity contribution in [3.8, 4) is 0 Å². The highest BCUT2D eigenvalue weighted by molar-refractivity contribution is 9.09. The van der Waals surface area contributed by atoms with Crippen LogP contribution in [0, 0.1) is 0 Å². The Bertz CT molecular complexity index is 294. The Morgan fingerprint density at radius 3 is 2.19 bits per heavy atom. The highest BCUT2D eigenvalue weighted by atomic mass is 79.9. The molecule has 1 aromatic rings. The minimum atomic E-state index is 1.09. The van der Waals surface area contributed by atoms with Gasteiger partial charge in [0.25, 0.3) is 0 Å². The summed E-state index contributed by atoms with van der Waals surface area (Å²) in [7, 11) is 0. The molecule has 3 heteroatoms. The normalized spacial score (nSPS) is 18.8. The second-order valence-electron chi connectivity index (χ2n) is 4.29. The van der Waals surface area contributed by atoms with E-state index in [1.807, 2.05) is 0 Å². The fourth-order valence-corrected chi connectivity index (χ4v) is 2.63. The number of hydrogen-bond acceptors (Lipinski definition) is 2. The van der Waals surface area contributed by atoms with Gasteiger partial charge in [0.2, 0.25) is 0 Å². The standard InChI is InChI=1S/C13H19BrN2/c14-6-7-15-8-10-16(11-9-15)12-13-4-2-1-3-5-13/h1-5H,6-12H2. The first-order chi connectivity index (χ1) is 7.88. The van der Waals surface area contributed by atoms with Crippen LogP contribution in [0.3, 0.4) is 0 Å². The van der Waals surface area contributed by atoms with Crippen LogP contribution in [0.5, 0.6) is 0 Å². The van der Waals surface area contributed by atoms with Gasteiger partial charge in [-0.25, -0.2) is 0 Å². The average molecular weight is 283 g/mol. The lowest BCUT2D eigenvalue weighted by Gasteiger charge is -2.34. The van der Waals surface area contributed by atoms with E-state index in [2.05, 4.69) is 56.1 Å². The van der Waals surface area contributed by atoms with Crippen LogP contribution in [0.4, 0.5) is 0 Å². The summed E-state index contributed by atoms with van der Waals surface area (Å²) in [4.78, 5) is 5.07. The van der Waals surface area contributed by atoms with Crippen LogP contribution < -0.4 is 0 Å². The van der Waals surface area contributed by atoms with E-state index in [0.29, 0.717) is 0 Å². The molecule has 1 aliphatic heterocycles. The Hall–Kier alpha value is -0.380. The molecule has 0 N–H and O–H groups in total. The van der Waals surface area contributed by atoms with Gasteiger partial charge in [-0.15, -0.1) is 0 Å². The van der Waals surface area contributed by atoms with Crippen molar-refractivity contribution in [2.24, 2.45) is 0 Å². The van der Waals surface area contributed by atoms with Crippen LogP contribution in [0.15, 0.2) is 30.3 Å². The molecule has 0 amide bonds. The zero-order valence-electron chi connectivity index (χ0n) is 9.61. The number of piperazine rings is 1. The smallest absolute Gasteiger partial charge is 0.0234 e. The lowest BCUT2D eigenvalue weighted by atomic mass is 10.2. The zero-order chi connectivity index (χ0) is 11.2. The van der Waals surface area contributed by atoms with Crippen molar-refractivity contribution >= 4 is 15.9 Å². The topological polar surface area (TPSA) is 6.48 Å². The summed E-state index contributed by atoms with van der Waals surface area (Å²) < 4.78 is 0. The molecule has 0 saturated carbocycles. The SMILES string of the molecule is BrCCN1CCN(Cc2ccccc2)CC1. The molecule has 1 fully saturated rings. The first-order valence-electron chi connectivity index (χ1n) is 5.93. The van der Waals surface area contributed by atoms with Gasteiger partial charge < -0.3 is 0 Å². The van der Waals surface area contributed by atoms with E-state index in [-0.39, 0.29) is 0 Å². The van der Waals surface area contributed by atoms with Gasteiger partial charge >= 0.3 is 0 Å². The van der Waals surface area contributed by atoms with Crippen molar-refractivity contribution in [3.05, 3.63) is 35.9 Å². The van der Waals surface area contributed by atoms with E-state index in [1.54, 1.807) is 0 Å². The van der Waals surface area contributed by atoms with Crippen molar-refractivity contribution in [1.29, 1.82) is 0 Å². The second-order valence-corrected chi connectivity index (χ2v) is 5.09. The summed E-state index contributed by atoms with van der Waals surface area (Å²) in [6.45, 7) is 7.09. The molecule has 1 saturated heterocycles. The Morgan fingerprint density at radius 2 is 1.56 bits per heavy atom. The van der Waals surface area contributed by atoms with E-state index < -0.39 is 0 Å². The summed E-state index contributed by atoms with van der Waals surface area (Å²) in [5.41, 5.74) is 1.43. The molecule has 2 rings (SSSR count). The van der Waals surface area contributed by atoms with E-state index in [4.69, 9.17) is 0 Å². The Kier molecular flexibility index (Phi) is 4.82. The molecule has 16 heavy (non-hydrogen) atoms. The Balaban J connectivity index is 1.77. The van der Waals surface area contributed by atoms with Crippen LogP contribution in [0.2, 0.25) is 0 Å². The van der Waals surface area contributed by atoms with E-state index in [9.17, 15) is 0 Å². The minimum Gasteiger partial charge on any atom is -0.300 e. The first-order valence-corrected chi connectivity index (χ1v) is 7.05. The third-order valence-corrected chi connectivity index (χ3v) is 3.47. The number of hydrogen-bond donors (Lipinski definition) is 0. The lowest BCUT2D eigenvalue weighted by molar-refractivity contribution is 0.133. The van der Waals surface area contributed by atoms with Crippen molar-refractivity contribution in [2.45, 2.75) is 6.54 Å². The molecular formula is C13H19BrN2. The monoisotopic (exact) mass is 282 g/mol. The fraction of sp³-hybridized carbons (Fsp3) is 0.538. The van der Waals surface area contributed by atoms with E-state index in [1.165, 1.54) is 38.3 Å². The quantitative estimate of drug-likeness (QED) is 0.782.